The summed E-state index contributed by atoms with van der Waals surface area (Å²) in [6, 6.07) is 6.74. The van der Waals surface area contributed by atoms with Crippen molar-refractivity contribution in [3.8, 4) is 0 Å². The van der Waals surface area contributed by atoms with E-state index in [1.165, 1.54) is 0 Å². The molecule has 1 rings (SSSR count). The van der Waals surface area contributed by atoms with Gasteiger partial charge in [-0.15, -0.1) is 0 Å². The topological polar surface area (TPSA) is 80.7 Å². The number of carbonyl (C=O) groups is 1. The van der Waals surface area contributed by atoms with Gasteiger partial charge in [0.2, 0.25) is 0 Å². The molecule has 7 heteroatoms. The molecule has 0 aliphatic heterocycles. The Hall–Kier alpha value is -1.34. The molecule has 0 aliphatic rings. The van der Waals surface area contributed by atoms with E-state index in [1.807, 2.05) is 13.9 Å². The van der Waals surface area contributed by atoms with Gasteiger partial charge in [-0.05, 0) is 6.07 Å². The third kappa shape index (κ3) is 4.46. The maximum Gasteiger partial charge on any atom is 0.338 e. The average Bonchev–Trinajstić information content (AvgIpc) is 2.15. The van der Waals surface area contributed by atoms with E-state index in [1.54, 1.807) is 18.2 Å². The minimum Gasteiger partial charge on any atom is -0.461 e. The molecule has 0 fully saturated rings. The third-order valence-electron chi connectivity index (χ3n) is 1.83. The maximum atomic E-state index is 11.4. The van der Waals surface area contributed by atoms with Gasteiger partial charge in [-0.3, -0.25) is 4.55 Å². The largest absolute Gasteiger partial charge is 0.461 e. The molecule has 1 aromatic carbocycles. The monoisotopic (exact) mass is 242 g/mol. The molecule has 0 aromatic heterocycles. The molecule has 16 heavy (non-hydrogen) atoms. The van der Waals surface area contributed by atoms with Gasteiger partial charge in [-0.25, -0.2) is 4.79 Å². The molecule has 1 aromatic rings. The number of rotatable bonds is 4. The molecule has 0 unspecified atom stereocenters. The molecule has 5 nitrogen and oxygen atoms in total. The van der Waals surface area contributed by atoms with Gasteiger partial charge >= 0.3 is 5.97 Å². The van der Waals surface area contributed by atoms with Crippen LogP contribution in [0.25, 0.3) is 0 Å². The van der Waals surface area contributed by atoms with Gasteiger partial charge in [0.25, 0.3) is 10.1 Å². The van der Waals surface area contributed by atoms with Gasteiger partial charge in [0, 0.05) is 0 Å². The Balaban J connectivity index is 2.54. The molecule has 0 saturated heterocycles. The number of hydrogen-bond acceptors (Lipinski definition) is 4. The lowest BCUT2D eigenvalue weighted by atomic mass is 9.94. The zero-order valence-corrected chi connectivity index (χ0v) is 9.53. The highest BCUT2D eigenvalue weighted by atomic mass is 32.2. The molecule has 0 saturated carbocycles. The van der Waals surface area contributed by atoms with Gasteiger partial charge in [-0.2, -0.15) is 8.42 Å². The molecule has 0 heterocycles. The first-order chi connectivity index (χ1) is 7.38. The van der Waals surface area contributed by atoms with E-state index in [9.17, 15) is 13.2 Å². The molecule has 0 aliphatic carbocycles. The normalized spacial score (nSPS) is 11.1. The molecule has 0 bridgehead atoms. The van der Waals surface area contributed by atoms with Crippen LogP contribution >= 0.6 is 0 Å². The van der Waals surface area contributed by atoms with Crippen LogP contribution in [0, 0.1) is 0 Å². The summed E-state index contributed by atoms with van der Waals surface area (Å²) in [7, 11) is -2.26. The zero-order chi connectivity index (χ0) is 12.2. The summed E-state index contributed by atoms with van der Waals surface area (Å²) < 4.78 is 33.8. The SMILES string of the molecule is Bc1cccc(C(=O)OCCS(=O)(=O)O)c1. The molecule has 1 N–H and O–H groups in total. The molecular formula is C9H11BO5S. The Kier molecular flexibility index (Phi) is 4.08. The zero-order valence-electron chi connectivity index (χ0n) is 8.71. The van der Waals surface area contributed by atoms with E-state index >= 15 is 0 Å². The van der Waals surface area contributed by atoms with Crippen LogP contribution in [0.1, 0.15) is 10.4 Å². The van der Waals surface area contributed by atoms with Crippen molar-refractivity contribution in [2.45, 2.75) is 0 Å². The van der Waals surface area contributed by atoms with Crippen LogP contribution < -0.4 is 5.46 Å². The van der Waals surface area contributed by atoms with E-state index in [0.29, 0.717) is 5.56 Å². The van der Waals surface area contributed by atoms with E-state index in [2.05, 4.69) is 4.74 Å². The predicted molar refractivity (Wildman–Crippen MR) is 61.3 cm³/mol. The van der Waals surface area contributed by atoms with Crippen molar-refractivity contribution in [2.75, 3.05) is 12.4 Å². The summed E-state index contributed by atoms with van der Waals surface area (Å²) in [5.41, 5.74) is 1.26. The first kappa shape index (κ1) is 12.7. The number of ether oxygens (including phenoxy) is 1. The highest BCUT2D eigenvalue weighted by molar-refractivity contribution is 7.85. The number of carbonyl (C=O) groups excluding carboxylic acids is 1. The Bertz CT molecular complexity index is 482. The van der Waals surface area contributed by atoms with Crippen molar-refractivity contribution in [2.24, 2.45) is 0 Å². The standard InChI is InChI=1S/C9H11BO5S/c10-8-3-1-2-7(6-8)9(11)15-4-5-16(12,13)14/h1-3,6H,4-5,10H2,(H,12,13,14). The van der Waals surface area contributed by atoms with Crippen molar-refractivity contribution in [3.05, 3.63) is 29.8 Å². The molecule has 0 amide bonds. The molecule has 0 radical (unpaired) electrons. The van der Waals surface area contributed by atoms with Crippen LogP contribution in [0.2, 0.25) is 0 Å². The van der Waals surface area contributed by atoms with Crippen LogP contribution in [0.15, 0.2) is 24.3 Å². The second kappa shape index (κ2) is 5.13. The minimum absolute atomic E-state index is 0.356. The predicted octanol–water partition coefficient (Wildman–Crippen LogP) is -1.01. The summed E-state index contributed by atoms with van der Waals surface area (Å²) in [5, 5.41) is 0. The fourth-order valence-electron chi connectivity index (χ4n) is 1.10. The summed E-state index contributed by atoms with van der Waals surface area (Å²) in [6.07, 6.45) is 0. The molecule has 86 valence electrons. The fourth-order valence-corrected chi connectivity index (χ4v) is 1.39. The van der Waals surface area contributed by atoms with Gasteiger partial charge in [-0.1, -0.05) is 23.7 Å². The number of esters is 1. The Labute approximate surface area is 94.6 Å². The van der Waals surface area contributed by atoms with E-state index in [-0.39, 0.29) is 6.61 Å². The Morgan fingerprint density at radius 1 is 1.44 bits per heavy atom. The van der Waals surface area contributed by atoms with Crippen LogP contribution in [-0.4, -0.2) is 39.1 Å². The molecular weight excluding hydrogens is 231 g/mol. The Morgan fingerprint density at radius 3 is 2.69 bits per heavy atom. The van der Waals surface area contributed by atoms with Crippen molar-refractivity contribution in [3.63, 3.8) is 0 Å². The van der Waals surface area contributed by atoms with Crippen LogP contribution in [0.4, 0.5) is 0 Å². The molecule has 0 spiro atoms. The van der Waals surface area contributed by atoms with Crippen molar-refractivity contribution >= 4 is 29.4 Å². The van der Waals surface area contributed by atoms with Crippen LogP contribution in [-0.2, 0) is 14.9 Å². The first-order valence-electron chi connectivity index (χ1n) is 4.57. The van der Waals surface area contributed by atoms with Crippen LogP contribution in [0.5, 0.6) is 0 Å². The lowest BCUT2D eigenvalue weighted by Crippen LogP contribution is -2.16. The van der Waals surface area contributed by atoms with Crippen molar-refractivity contribution in [1.29, 1.82) is 0 Å². The second-order valence-corrected chi connectivity index (χ2v) is 4.86. The number of hydrogen-bond donors (Lipinski definition) is 1. The summed E-state index contributed by atoms with van der Waals surface area (Å²) in [5.74, 6) is -1.20. The first-order valence-corrected chi connectivity index (χ1v) is 6.18. The lowest BCUT2D eigenvalue weighted by Gasteiger charge is -2.04. The van der Waals surface area contributed by atoms with E-state index in [4.69, 9.17) is 4.55 Å². The second-order valence-electron chi connectivity index (χ2n) is 3.29. The van der Waals surface area contributed by atoms with Crippen molar-refractivity contribution in [1.82, 2.24) is 0 Å². The van der Waals surface area contributed by atoms with Crippen LogP contribution in [0.3, 0.4) is 0 Å². The maximum absolute atomic E-state index is 11.4. The lowest BCUT2D eigenvalue weighted by molar-refractivity contribution is 0.0528. The summed E-state index contributed by atoms with van der Waals surface area (Å²) >= 11 is 0. The summed E-state index contributed by atoms with van der Waals surface area (Å²) in [4.78, 5) is 11.4. The van der Waals surface area contributed by atoms with Gasteiger partial charge in [0.1, 0.15) is 20.2 Å². The van der Waals surface area contributed by atoms with Gasteiger partial charge in [0.05, 0.1) is 5.56 Å². The quantitative estimate of drug-likeness (QED) is 0.415. The average molecular weight is 242 g/mol. The van der Waals surface area contributed by atoms with Gasteiger partial charge in [0.15, 0.2) is 0 Å². The fraction of sp³-hybridized carbons (Fsp3) is 0.222. The molecule has 0 atom stereocenters. The minimum atomic E-state index is -4.09. The summed E-state index contributed by atoms with van der Waals surface area (Å²) in [6.45, 7) is -0.356. The number of benzene rings is 1. The van der Waals surface area contributed by atoms with E-state index in [0.717, 1.165) is 5.46 Å². The highest BCUT2D eigenvalue weighted by Gasteiger charge is 2.09. The highest BCUT2D eigenvalue weighted by Crippen LogP contribution is 1.99. The van der Waals surface area contributed by atoms with Crippen molar-refractivity contribution < 1.29 is 22.5 Å². The smallest absolute Gasteiger partial charge is 0.338 e. The van der Waals surface area contributed by atoms with Gasteiger partial charge < -0.3 is 4.74 Å². The third-order valence-corrected chi connectivity index (χ3v) is 2.51. The van der Waals surface area contributed by atoms with E-state index < -0.39 is 21.8 Å². The Morgan fingerprint density at radius 2 is 2.12 bits per heavy atom.